The zero-order chi connectivity index (χ0) is 22.1. The van der Waals surface area contributed by atoms with Crippen molar-refractivity contribution in [3.8, 4) is 11.5 Å². The van der Waals surface area contributed by atoms with Crippen LogP contribution in [0.3, 0.4) is 0 Å². The molecule has 0 unspecified atom stereocenters. The van der Waals surface area contributed by atoms with Crippen LogP contribution in [0.2, 0.25) is 0 Å². The number of rotatable bonds is 12. The number of aromatic hydroxyl groups is 2. The molecule has 6 heteroatoms. The first kappa shape index (κ1) is 24.2. The average Bonchev–Trinajstić information content (AvgIpc) is 2.72. The van der Waals surface area contributed by atoms with Crippen LogP contribution >= 0.6 is 0 Å². The Morgan fingerprint density at radius 2 is 0.933 bits per heavy atom. The molecule has 2 rings (SSSR count). The predicted octanol–water partition coefficient (Wildman–Crippen LogP) is 4.62. The number of methoxy groups -OCH3 is 4. The second kappa shape index (κ2) is 11.9. The molecule has 166 valence electrons. The van der Waals surface area contributed by atoms with Gasteiger partial charge in [-0.05, 0) is 41.8 Å². The maximum Gasteiger partial charge on any atom is 0.126 e. The minimum absolute atomic E-state index is 0.0774. The van der Waals surface area contributed by atoms with E-state index in [9.17, 15) is 10.2 Å². The highest BCUT2D eigenvalue weighted by atomic mass is 16.5. The van der Waals surface area contributed by atoms with Crippen molar-refractivity contribution >= 4 is 0 Å². The topological polar surface area (TPSA) is 77.4 Å². The third kappa shape index (κ3) is 5.73. The monoisotopic (exact) mass is 418 g/mol. The van der Waals surface area contributed by atoms with Gasteiger partial charge in [-0.3, -0.25) is 0 Å². The maximum absolute atomic E-state index is 10.6. The van der Waals surface area contributed by atoms with Crippen molar-refractivity contribution < 1.29 is 29.2 Å². The Balaban J connectivity index is 2.64. The van der Waals surface area contributed by atoms with E-state index in [1.165, 1.54) is 0 Å². The van der Waals surface area contributed by atoms with Crippen molar-refractivity contribution in [3.63, 3.8) is 0 Å². The summed E-state index contributed by atoms with van der Waals surface area (Å²) in [6.07, 6.45) is 1.89. The summed E-state index contributed by atoms with van der Waals surface area (Å²) >= 11 is 0. The fourth-order valence-corrected chi connectivity index (χ4v) is 3.85. The van der Waals surface area contributed by atoms with Crippen LogP contribution in [-0.2, 0) is 45.4 Å². The molecule has 2 aromatic carbocycles. The number of hydrogen-bond donors (Lipinski definition) is 2. The van der Waals surface area contributed by atoms with Gasteiger partial charge in [-0.15, -0.1) is 0 Å². The zero-order valence-electron chi connectivity index (χ0n) is 18.7. The molecule has 0 amide bonds. The van der Waals surface area contributed by atoms with Crippen LogP contribution in [0.15, 0.2) is 24.3 Å². The number of hydrogen-bond acceptors (Lipinski definition) is 6. The second-order valence-corrected chi connectivity index (χ2v) is 7.45. The largest absolute Gasteiger partial charge is 0.507 e. The number of phenolic OH excluding ortho intramolecular Hbond substituents is 2. The van der Waals surface area contributed by atoms with E-state index < -0.39 is 0 Å². The molecule has 6 nitrogen and oxygen atoms in total. The standard InChI is InChI=1S/C24H34O6/c1-6-7-22(16-8-18(12-27-2)23(25)19(9-16)13-28-3)17-10-20(14-29-4)24(26)21(11-17)15-30-5/h8-11,22,25-26H,6-7,12-15H2,1-5H3. The molecule has 2 N–H and O–H groups in total. The van der Waals surface area contributed by atoms with Gasteiger partial charge in [0.25, 0.3) is 0 Å². The fraction of sp³-hybridized carbons (Fsp3) is 0.500. The molecule has 2 aromatic rings. The third-order valence-electron chi connectivity index (χ3n) is 5.16. The van der Waals surface area contributed by atoms with Gasteiger partial charge in [-0.1, -0.05) is 13.3 Å². The molecular weight excluding hydrogens is 384 g/mol. The Kier molecular flexibility index (Phi) is 9.59. The lowest BCUT2D eigenvalue weighted by atomic mass is 9.84. The Morgan fingerprint density at radius 3 is 1.17 bits per heavy atom. The van der Waals surface area contributed by atoms with Crippen molar-refractivity contribution in [2.75, 3.05) is 28.4 Å². The van der Waals surface area contributed by atoms with Crippen molar-refractivity contribution in [2.45, 2.75) is 52.1 Å². The minimum atomic E-state index is 0.0774. The molecule has 0 heterocycles. The number of ether oxygens (including phenoxy) is 4. The molecular formula is C24H34O6. The number of benzene rings is 2. The maximum atomic E-state index is 10.6. The van der Waals surface area contributed by atoms with Crippen LogP contribution < -0.4 is 0 Å². The lowest BCUT2D eigenvalue weighted by Crippen LogP contribution is -2.07. The van der Waals surface area contributed by atoms with E-state index in [2.05, 4.69) is 6.92 Å². The SMILES string of the molecule is CCCC(c1cc(COC)c(O)c(COC)c1)c1cc(COC)c(O)c(COC)c1. The van der Waals surface area contributed by atoms with Crippen molar-refractivity contribution in [1.82, 2.24) is 0 Å². The summed E-state index contributed by atoms with van der Waals surface area (Å²) in [7, 11) is 6.44. The van der Waals surface area contributed by atoms with Crippen LogP contribution in [0.1, 0.15) is 59.1 Å². The van der Waals surface area contributed by atoms with Gasteiger partial charge in [0, 0.05) is 56.6 Å². The lowest BCUT2D eigenvalue weighted by Gasteiger charge is -2.23. The summed E-state index contributed by atoms with van der Waals surface area (Å²) in [5.41, 5.74) is 5.08. The average molecular weight is 419 g/mol. The highest BCUT2D eigenvalue weighted by molar-refractivity contribution is 5.50. The summed E-state index contributed by atoms with van der Waals surface area (Å²) < 4.78 is 21.2. The highest BCUT2D eigenvalue weighted by Crippen LogP contribution is 2.38. The van der Waals surface area contributed by atoms with Gasteiger partial charge in [0.15, 0.2) is 0 Å². The lowest BCUT2D eigenvalue weighted by molar-refractivity contribution is 0.174. The molecule has 30 heavy (non-hydrogen) atoms. The Labute approximate surface area is 179 Å². The van der Waals surface area contributed by atoms with Crippen molar-refractivity contribution in [1.29, 1.82) is 0 Å². The van der Waals surface area contributed by atoms with Gasteiger partial charge >= 0.3 is 0 Å². The zero-order valence-corrected chi connectivity index (χ0v) is 18.7. The summed E-state index contributed by atoms with van der Waals surface area (Å²) in [4.78, 5) is 0. The molecule has 0 aliphatic carbocycles. The summed E-state index contributed by atoms with van der Waals surface area (Å²) in [5, 5.41) is 21.2. The molecule has 0 fully saturated rings. The minimum Gasteiger partial charge on any atom is -0.507 e. The molecule has 0 bridgehead atoms. The molecule has 0 aliphatic heterocycles. The van der Waals surface area contributed by atoms with E-state index in [0.29, 0.717) is 26.4 Å². The van der Waals surface area contributed by atoms with E-state index in [-0.39, 0.29) is 17.4 Å². The van der Waals surface area contributed by atoms with E-state index in [1.54, 1.807) is 28.4 Å². The van der Waals surface area contributed by atoms with Crippen molar-refractivity contribution in [3.05, 3.63) is 57.6 Å². The number of phenols is 2. The van der Waals surface area contributed by atoms with Crippen LogP contribution in [-0.4, -0.2) is 38.7 Å². The van der Waals surface area contributed by atoms with Crippen LogP contribution in [0.4, 0.5) is 0 Å². The second-order valence-electron chi connectivity index (χ2n) is 7.45. The highest BCUT2D eigenvalue weighted by Gasteiger charge is 2.21. The molecule has 0 aliphatic rings. The van der Waals surface area contributed by atoms with Crippen molar-refractivity contribution in [2.24, 2.45) is 0 Å². The third-order valence-corrected chi connectivity index (χ3v) is 5.16. The molecule has 0 aromatic heterocycles. The van der Waals surface area contributed by atoms with Crippen LogP contribution in [0, 0.1) is 0 Å². The van der Waals surface area contributed by atoms with Gasteiger partial charge in [-0.2, -0.15) is 0 Å². The molecule has 0 spiro atoms. The van der Waals surface area contributed by atoms with Crippen LogP contribution in [0.5, 0.6) is 11.5 Å². The van der Waals surface area contributed by atoms with Gasteiger partial charge < -0.3 is 29.2 Å². The quantitative estimate of drug-likeness (QED) is 0.524. The van der Waals surface area contributed by atoms with Gasteiger partial charge in [0.1, 0.15) is 11.5 Å². The van der Waals surface area contributed by atoms with E-state index in [0.717, 1.165) is 46.2 Å². The Bertz CT molecular complexity index is 698. The Morgan fingerprint density at radius 1 is 0.633 bits per heavy atom. The molecule has 0 saturated heterocycles. The van der Waals surface area contributed by atoms with E-state index in [1.807, 2.05) is 24.3 Å². The first-order chi connectivity index (χ1) is 14.5. The van der Waals surface area contributed by atoms with Gasteiger partial charge in [-0.25, -0.2) is 0 Å². The summed E-state index contributed by atoms with van der Waals surface area (Å²) in [5.74, 6) is 0.501. The van der Waals surface area contributed by atoms with E-state index >= 15 is 0 Å². The molecule has 0 saturated carbocycles. The van der Waals surface area contributed by atoms with Gasteiger partial charge in [0.2, 0.25) is 0 Å². The molecule has 0 atom stereocenters. The first-order valence-electron chi connectivity index (χ1n) is 10.2. The Hall–Kier alpha value is -2.12. The molecule has 0 radical (unpaired) electrons. The normalized spacial score (nSPS) is 11.4. The van der Waals surface area contributed by atoms with Crippen LogP contribution in [0.25, 0.3) is 0 Å². The predicted molar refractivity (Wildman–Crippen MR) is 116 cm³/mol. The first-order valence-corrected chi connectivity index (χ1v) is 10.2. The summed E-state index contributed by atoms with van der Waals surface area (Å²) in [6, 6.07) is 7.99. The van der Waals surface area contributed by atoms with E-state index in [4.69, 9.17) is 18.9 Å². The summed E-state index contributed by atoms with van der Waals surface area (Å²) in [6.45, 7) is 3.40. The van der Waals surface area contributed by atoms with Gasteiger partial charge in [0.05, 0.1) is 26.4 Å². The smallest absolute Gasteiger partial charge is 0.126 e. The fourth-order valence-electron chi connectivity index (χ4n) is 3.85.